The van der Waals surface area contributed by atoms with Crippen molar-refractivity contribution in [3.8, 4) is 11.5 Å². The molecule has 0 aromatic heterocycles. The molecule has 1 saturated heterocycles. The van der Waals surface area contributed by atoms with Crippen LogP contribution in [0.25, 0.3) is 0 Å². The Morgan fingerprint density at radius 3 is 2.47 bits per heavy atom. The van der Waals surface area contributed by atoms with Gasteiger partial charge in [-0.05, 0) is 59.4 Å². The van der Waals surface area contributed by atoms with Crippen LogP contribution in [0.2, 0.25) is 0 Å². The Kier molecular flexibility index (Phi) is 8.26. The standard InChI is InChI=1S/C30H35FN2O3/c1-21(2)16-33(30(35)24-7-5-4-6-8-24)19-25-18-32(17-22-9-14-28(34)29(15-22)36-3)20-27(25)23-10-12-26(31)13-11-23/h4-15,21,25,27,34H,16-20H2,1-3H3/t25-,27-/m1/s1. The van der Waals surface area contributed by atoms with Crippen LogP contribution in [-0.4, -0.2) is 54.1 Å². The number of nitrogens with zero attached hydrogens (tertiary/aromatic N) is 2. The Morgan fingerprint density at radius 1 is 1.08 bits per heavy atom. The Bertz CT molecular complexity index is 1150. The van der Waals surface area contributed by atoms with Gasteiger partial charge in [0.25, 0.3) is 5.91 Å². The van der Waals surface area contributed by atoms with Crippen molar-refractivity contribution in [2.75, 3.05) is 33.3 Å². The molecule has 2 atom stereocenters. The van der Waals surface area contributed by atoms with E-state index in [4.69, 9.17) is 4.74 Å². The predicted octanol–water partition coefficient (Wildman–Crippen LogP) is 5.55. The fourth-order valence-corrected chi connectivity index (χ4v) is 5.17. The number of aromatic hydroxyl groups is 1. The highest BCUT2D eigenvalue weighted by molar-refractivity contribution is 5.94. The number of ether oxygens (including phenoxy) is 1. The SMILES string of the molecule is COc1cc(CN2C[C@H](CN(CC(C)C)C(=O)c3ccccc3)[C@@H](c3ccc(F)cc3)C2)ccc1O. The fraction of sp³-hybridized carbons (Fsp3) is 0.367. The summed E-state index contributed by atoms with van der Waals surface area (Å²) in [6, 6.07) is 21.6. The van der Waals surface area contributed by atoms with E-state index in [0.29, 0.717) is 36.9 Å². The normalized spacial score (nSPS) is 17.9. The first-order valence-corrected chi connectivity index (χ1v) is 12.5. The molecule has 4 rings (SSSR count). The minimum Gasteiger partial charge on any atom is -0.504 e. The summed E-state index contributed by atoms with van der Waals surface area (Å²) in [4.78, 5) is 17.8. The highest BCUT2D eigenvalue weighted by Crippen LogP contribution is 2.35. The maximum absolute atomic E-state index is 13.7. The van der Waals surface area contributed by atoms with Crippen molar-refractivity contribution in [2.45, 2.75) is 26.3 Å². The number of halogens is 1. The first-order valence-electron chi connectivity index (χ1n) is 12.5. The summed E-state index contributed by atoms with van der Waals surface area (Å²) in [6.45, 7) is 7.86. The molecule has 1 aliphatic rings. The van der Waals surface area contributed by atoms with Crippen molar-refractivity contribution in [1.82, 2.24) is 9.80 Å². The Hall–Kier alpha value is -3.38. The molecule has 0 bridgehead atoms. The second-order valence-electron chi connectivity index (χ2n) is 10.1. The Labute approximate surface area is 213 Å². The van der Waals surface area contributed by atoms with Gasteiger partial charge < -0.3 is 14.7 Å². The number of phenolic OH excluding ortho intramolecular Hbond substituents is 1. The summed E-state index contributed by atoms with van der Waals surface area (Å²) in [7, 11) is 1.54. The molecule has 3 aromatic carbocycles. The average molecular weight is 491 g/mol. The highest BCUT2D eigenvalue weighted by Gasteiger charge is 2.36. The lowest BCUT2D eigenvalue weighted by atomic mass is 9.88. The lowest BCUT2D eigenvalue weighted by Gasteiger charge is -2.30. The van der Waals surface area contributed by atoms with Gasteiger partial charge in [0, 0.05) is 44.2 Å². The van der Waals surface area contributed by atoms with Crippen LogP contribution in [0.15, 0.2) is 72.8 Å². The lowest BCUT2D eigenvalue weighted by molar-refractivity contribution is 0.0703. The van der Waals surface area contributed by atoms with Gasteiger partial charge in [0.05, 0.1) is 7.11 Å². The van der Waals surface area contributed by atoms with E-state index in [1.54, 1.807) is 13.2 Å². The molecule has 0 aliphatic carbocycles. The zero-order chi connectivity index (χ0) is 25.7. The molecule has 6 heteroatoms. The van der Waals surface area contributed by atoms with Crippen LogP contribution in [0.3, 0.4) is 0 Å². The number of hydrogen-bond donors (Lipinski definition) is 1. The van der Waals surface area contributed by atoms with Gasteiger partial charge in [-0.2, -0.15) is 0 Å². The van der Waals surface area contributed by atoms with E-state index in [2.05, 4.69) is 18.7 Å². The topological polar surface area (TPSA) is 53.0 Å². The van der Waals surface area contributed by atoms with E-state index in [-0.39, 0.29) is 29.3 Å². The van der Waals surface area contributed by atoms with E-state index in [1.165, 1.54) is 12.1 Å². The zero-order valence-electron chi connectivity index (χ0n) is 21.2. The van der Waals surface area contributed by atoms with Gasteiger partial charge in [-0.3, -0.25) is 9.69 Å². The van der Waals surface area contributed by atoms with Gasteiger partial charge in [-0.25, -0.2) is 4.39 Å². The van der Waals surface area contributed by atoms with Crippen molar-refractivity contribution in [3.63, 3.8) is 0 Å². The third kappa shape index (κ3) is 6.24. The summed E-state index contributed by atoms with van der Waals surface area (Å²) in [5.41, 5.74) is 2.83. The smallest absolute Gasteiger partial charge is 0.253 e. The molecule has 190 valence electrons. The van der Waals surface area contributed by atoms with Gasteiger partial charge in [0.1, 0.15) is 5.82 Å². The van der Waals surface area contributed by atoms with Crippen LogP contribution in [0.1, 0.15) is 41.3 Å². The summed E-state index contributed by atoms with van der Waals surface area (Å²) < 4.78 is 19.0. The third-order valence-electron chi connectivity index (χ3n) is 6.81. The van der Waals surface area contributed by atoms with Crippen LogP contribution in [0.5, 0.6) is 11.5 Å². The van der Waals surface area contributed by atoms with E-state index in [9.17, 15) is 14.3 Å². The van der Waals surface area contributed by atoms with Crippen LogP contribution in [0.4, 0.5) is 4.39 Å². The number of methoxy groups -OCH3 is 1. The Morgan fingerprint density at radius 2 is 1.81 bits per heavy atom. The Balaban J connectivity index is 1.58. The number of rotatable bonds is 9. The van der Waals surface area contributed by atoms with Crippen molar-refractivity contribution in [3.05, 3.63) is 95.3 Å². The number of amides is 1. The molecule has 0 spiro atoms. The number of likely N-dealkylation sites (tertiary alicyclic amines) is 1. The van der Waals surface area contributed by atoms with Gasteiger partial charge in [0.2, 0.25) is 0 Å². The van der Waals surface area contributed by atoms with Gasteiger partial charge in [-0.1, -0.05) is 50.2 Å². The third-order valence-corrected chi connectivity index (χ3v) is 6.81. The molecule has 1 amide bonds. The summed E-state index contributed by atoms with van der Waals surface area (Å²) in [5, 5.41) is 9.96. The van der Waals surface area contributed by atoms with Crippen LogP contribution >= 0.6 is 0 Å². The minimum atomic E-state index is -0.248. The molecule has 0 unspecified atom stereocenters. The molecular weight excluding hydrogens is 455 g/mol. The molecular formula is C30H35FN2O3. The van der Waals surface area contributed by atoms with Crippen LogP contribution in [0, 0.1) is 17.7 Å². The van der Waals surface area contributed by atoms with Crippen molar-refractivity contribution in [2.24, 2.45) is 11.8 Å². The second kappa shape index (κ2) is 11.6. The number of carbonyl (C=O) groups excluding carboxylic acids is 1. The molecule has 1 N–H and O–H groups in total. The monoisotopic (exact) mass is 490 g/mol. The van der Waals surface area contributed by atoms with E-state index >= 15 is 0 Å². The largest absolute Gasteiger partial charge is 0.504 e. The molecule has 1 aliphatic heterocycles. The quantitative estimate of drug-likeness (QED) is 0.427. The molecule has 0 radical (unpaired) electrons. The van der Waals surface area contributed by atoms with Crippen molar-refractivity contribution < 1.29 is 19.0 Å². The van der Waals surface area contributed by atoms with Gasteiger partial charge in [0.15, 0.2) is 11.5 Å². The van der Waals surface area contributed by atoms with Crippen LogP contribution < -0.4 is 4.74 Å². The fourth-order valence-electron chi connectivity index (χ4n) is 5.17. The average Bonchev–Trinajstić information content (AvgIpc) is 3.27. The number of carbonyl (C=O) groups is 1. The number of phenols is 1. The molecule has 1 fully saturated rings. The van der Waals surface area contributed by atoms with E-state index < -0.39 is 0 Å². The summed E-state index contributed by atoms with van der Waals surface area (Å²) >= 11 is 0. The molecule has 5 nitrogen and oxygen atoms in total. The second-order valence-corrected chi connectivity index (χ2v) is 10.1. The minimum absolute atomic E-state index is 0.0453. The predicted molar refractivity (Wildman–Crippen MR) is 140 cm³/mol. The van der Waals surface area contributed by atoms with Gasteiger partial charge in [-0.15, -0.1) is 0 Å². The molecule has 3 aromatic rings. The van der Waals surface area contributed by atoms with E-state index in [1.807, 2.05) is 59.5 Å². The lowest BCUT2D eigenvalue weighted by Crippen LogP contribution is -2.39. The molecule has 1 heterocycles. The number of hydrogen-bond acceptors (Lipinski definition) is 4. The van der Waals surface area contributed by atoms with Crippen molar-refractivity contribution in [1.29, 1.82) is 0 Å². The molecule has 36 heavy (non-hydrogen) atoms. The molecule has 0 saturated carbocycles. The van der Waals surface area contributed by atoms with Gasteiger partial charge >= 0.3 is 0 Å². The highest BCUT2D eigenvalue weighted by atomic mass is 19.1. The van der Waals surface area contributed by atoms with Crippen LogP contribution in [-0.2, 0) is 6.54 Å². The number of benzene rings is 3. The zero-order valence-corrected chi connectivity index (χ0v) is 21.2. The maximum Gasteiger partial charge on any atom is 0.253 e. The summed E-state index contributed by atoms with van der Waals surface area (Å²) in [5.74, 6) is 1.07. The first kappa shape index (κ1) is 25.7. The maximum atomic E-state index is 13.7. The van der Waals surface area contributed by atoms with Crippen molar-refractivity contribution >= 4 is 5.91 Å². The summed E-state index contributed by atoms with van der Waals surface area (Å²) in [6.07, 6.45) is 0. The first-order chi connectivity index (χ1) is 17.3. The van der Waals surface area contributed by atoms with E-state index in [0.717, 1.165) is 24.2 Å².